The third kappa shape index (κ3) is 2.72. The van der Waals surface area contributed by atoms with Gasteiger partial charge in [-0.3, -0.25) is 9.59 Å². The fourth-order valence-electron chi connectivity index (χ4n) is 4.42. The van der Waals surface area contributed by atoms with Crippen LogP contribution < -0.4 is 20.1 Å². The average molecular weight is 452 g/mol. The van der Waals surface area contributed by atoms with Crippen LogP contribution in [0.5, 0.6) is 11.5 Å². The molecule has 3 atom stereocenters. The number of rotatable bonds is 3. The van der Waals surface area contributed by atoms with Crippen LogP contribution in [0, 0.1) is 5.92 Å². The number of thioether (sulfide) groups is 1. The lowest BCUT2D eigenvalue weighted by atomic mass is 9.77. The summed E-state index contributed by atoms with van der Waals surface area (Å²) in [6.07, 6.45) is 0. The van der Waals surface area contributed by atoms with Gasteiger partial charge in [-0.25, -0.2) is 14.5 Å². The SMILES string of the molecule is COc1cccc2c1OC(=O)C1=C(N)S[C@@H]3C(=O)N(c4ccc(C(=O)O)cc4)C(=O)[C@@H]3[C@H]12. The summed E-state index contributed by atoms with van der Waals surface area (Å²) in [5.74, 6) is -3.88. The van der Waals surface area contributed by atoms with Crippen molar-refractivity contribution in [3.8, 4) is 11.5 Å². The second kappa shape index (κ2) is 7.13. The lowest BCUT2D eigenvalue weighted by molar-refractivity contribution is -0.132. The fourth-order valence-corrected chi connectivity index (χ4v) is 5.66. The zero-order chi connectivity index (χ0) is 22.7. The van der Waals surface area contributed by atoms with Gasteiger partial charge in [-0.1, -0.05) is 23.9 Å². The number of methoxy groups -OCH3 is 1. The van der Waals surface area contributed by atoms with Gasteiger partial charge >= 0.3 is 11.9 Å². The molecule has 2 aromatic rings. The molecular weight excluding hydrogens is 436 g/mol. The second-order valence-electron chi connectivity index (χ2n) is 7.45. The smallest absolute Gasteiger partial charge is 0.342 e. The van der Waals surface area contributed by atoms with E-state index in [1.807, 2.05) is 0 Å². The summed E-state index contributed by atoms with van der Waals surface area (Å²) in [5, 5.41) is 8.41. The van der Waals surface area contributed by atoms with Crippen LogP contribution in [0.25, 0.3) is 0 Å². The van der Waals surface area contributed by atoms with Crippen LogP contribution in [0.4, 0.5) is 5.69 Å². The Morgan fingerprint density at radius 2 is 1.84 bits per heavy atom. The topological polar surface area (TPSA) is 136 Å². The number of ether oxygens (including phenoxy) is 2. The standard InChI is InChI=1S/C22H16N2O7S/c1-30-12-4-2-3-11-13-14-17(32-18(23)15(13)22(29)31-16(11)12)20(26)24(19(14)25)10-7-5-9(6-8-10)21(27)28/h2-8,13-14,17H,23H2,1H3,(H,27,28)/t13-,14-,17+/m1/s1. The molecule has 0 radical (unpaired) electrons. The van der Waals surface area contributed by atoms with Gasteiger partial charge in [0.15, 0.2) is 11.5 Å². The molecule has 3 N–H and O–H groups in total. The molecule has 0 spiro atoms. The lowest BCUT2D eigenvalue weighted by Crippen LogP contribution is -2.39. The van der Waals surface area contributed by atoms with Crippen molar-refractivity contribution in [2.24, 2.45) is 11.7 Å². The highest BCUT2D eigenvalue weighted by Gasteiger charge is 2.58. The quantitative estimate of drug-likeness (QED) is 0.406. The van der Waals surface area contributed by atoms with Crippen LogP contribution >= 0.6 is 11.8 Å². The summed E-state index contributed by atoms with van der Waals surface area (Å²) in [6, 6.07) is 10.5. The maximum absolute atomic E-state index is 13.5. The molecule has 1 fully saturated rings. The van der Waals surface area contributed by atoms with E-state index in [4.69, 9.17) is 20.3 Å². The van der Waals surface area contributed by atoms with E-state index < -0.39 is 40.8 Å². The molecule has 1 saturated heterocycles. The zero-order valence-corrected chi connectivity index (χ0v) is 17.4. The molecule has 0 saturated carbocycles. The number of para-hydroxylation sites is 1. The van der Waals surface area contributed by atoms with Gasteiger partial charge in [0.2, 0.25) is 11.8 Å². The first kappa shape index (κ1) is 20.1. The van der Waals surface area contributed by atoms with E-state index in [0.717, 1.165) is 16.7 Å². The molecule has 5 rings (SSSR count). The minimum Gasteiger partial charge on any atom is -0.493 e. The van der Waals surface area contributed by atoms with Crippen molar-refractivity contribution in [1.82, 2.24) is 0 Å². The van der Waals surface area contributed by atoms with Crippen LogP contribution in [-0.4, -0.2) is 41.2 Å². The predicted molar refractivity (Wildman–Crippen MR) is 113 cm³/mol. The summed E-state index contributed by atoms with van der Waals surface area (Å²) in [6.45, 7) is 0. The molecule has 2 aromatic carbocycles. The van der Waals surface area contributed by atoms with Gasteiger partial charge in [-0.05, 0) is 30.3 Å². The normalized spacial score (nSPS) is 24.0. The van der Waals surface area contributed by atoms with Gasteiger partial charge in [0.1, 0.15) is 5.25 Å². The number of benzene rings is 2. The number of hydrogen-bond donors (Lipinski definition) is 2. The molecule has 3 heterocycles. The average Bonchev–Trinajstić information content (AvgIpc) is 3.02. The van der Waals surface area contributed by atoms with Gasteiger partial charge in [0.05, 0.1) is 34.9 Å². The maximum Gasteiger partial charge on any atom is 0.342 e. The number of carboxylic acid groups (broad SMARTS) is 1. The predicted octanol–water partition coefficient (Wildman–Crippen LogP) is 1.87. The number of fused-ring (bicyclic) bond motifs is 5. The summed E-state index contributed by atoms with van der Waals surface area (Å²) in [4.78, 5) is 51.8. The first-order chi connectivity index (χ1) is 15.3. The Morgan fingerprint density at radius 1 is 1.12 bits per heavy atom. The van der Waals surface area contributed by atoms with Crippen molar-refractivity contribution in [2.45, 2.75) is 11.2 Å². The number of amides is 2. The number of imide groups is 1. The number of nitrogens with two attached hydrogens (primary N) is 1. The van der Waals surface area contributed by atoms with Gasteiger partial charge < -0.3 is 20.3 Å². The monoisotopic (exact) mass is 452 g/mol. The van der Waals surface area contributed by atoms with Crippen molar-refractivity contribution in [3.63, 3.8) is 0 Å². The van der Waals surface area contributed by atoms with Crippen LogP contribution in [0.3, 0.4) is 0 Å². The van der Waals surface area contributed by atoms with Crippen molar-refractivity contribution in [3.05, 3.63) is 64.2 Å². The molecule has 2 amide bonds. The minimum atomic E-state index is -1.12. The van der Waals surface area contributed by atoms with Gasteiger partial charge in [-0.15, -0.1) is 0 Å². The third-order valence-corrected chi connectivity index (χ3v) is 7.06. The number of carbonyl (C=O) groups is 4. The molecule has 32 heavy (non-hydrogen) atoms. The Morgan fingerprint density at radius 3 is 2.50 bits per heavy atom. The molecule has 162 valence electrons. The number of aromatic carboxylic acids is 1. The first-order valence-electron chi connectivity index (χ1n) is 9.60. The Balaban J connectivity index is 1.62. The fraction of sp³-hybridized carbons (Fsp3) is 0.182. The largest absolute Gasteiger partial charge is 0.493 e. The van der Waals surface area contributed by atoms with E-state index in [0.29, 0.717) is 11.3 Å². The van der Waals surface area contributed by atoms with E-state index in [2.05, 4.69) is 0 Å². The number of nitrogens with zero attached hydrogens (tertiary/aromatic N) is 1. The Labute approximate surface area is 185 Å². The highest BCUT2D eigenvalue weighted by molar-refractivity contribution is 8.04. The number of carbonyl (C=O) groups excluding carboxylic acids is 3. The molecule has 10 heteroatoms. The summed E-state index contributed by atoms with van der Waals surface area (Å²) in [7, 11) is 1.44. The number of esters is 1. The number of anilines is 1. The van der Waals surface area contributed by atoms with Crippen LogP contribution in [0.1, 0.15) is 21.8 Å². The van der Waals surface area contributed by atoms with Crippen LogP contribution in [0.2, 0.25) is 0 Å². The summed E-state index contributed by atoms with van der Waals surface area (Å²) < 4.78 is 10.8. The van der Waals surface area contributed by atoms with Crippen molar-refractivity contribution >= 4 is 41.2 Å². The second-order valence-corrected chi connectivity index (χ2v) is 8.64. The van der Waals surface area contributed by atoms with Crippen molar-refractivity contribution in [2.75, 3.05) is 12.0 Å². The van der Waals surface area contributed by atoms with Crippen molar-refractivity contribution < 1.29 is 33.8 Å². The van der Waals surface area contributed by atoms with Crippen LogP contribution in [-0.2, 0) is 14.4 Å². The van der Waals surface area contributed by atoms with Gasteiger partial charge in [0, 0.05) is 11.5 Å². The molecule has 9 nitrogen and oxygen atoms in total. The Kier molecular flexibility index (Phi) is 4.48. The van der Waals surface area contributed by atoms with E-state index in [1.54, 1.807) is 18.2 Å². The van der Waals surface area contributed by atoms with E-state index in [9.17, 15) is 19.2 Å². The molecule has 0 bridgehead atoms. The number of hydrogen-bond acceptors (Lipinski definition) is 8. The van der Waals surface area contributed by atoms with Crippen LogP contribution in [0.15, 0.2) is 53.1 Å². The van der Waals surface area contributed by atoms with E-state index in [1.165, 1.54) is 31.4 Å². The highest BCUT2D eigenvalue weighted by atomic mass is 32.2. The first-order valence-corrected chi connectivity index (χ1v) is 10.5. The highest BCUT2D eigenvalue weighted by Crippen LogP contribution is 2.55. The number of carboxylic acids is 1. The van der Waals surface area contributed by atoms with E-state index in [-0.39, 0.29) is 27.6 Å². The third-order valence-electron chi connectivity index (χ3n) is 5.84. The molecule has 0 aliphatic carbocycles. The van der Waals surface area contributed by atoms with E-state index >= 15 is 0 Å². The summed E-state index contributed by atoms with van der Waals surface area (Å²) >= 11 is 0.968. The minimum absolute atomic E-state index is 0.0314. The molecule has 3 aliphatic heterocycles. The Hall–Kier alpha value is -3.79. The molecular formula is C22H16N2O7S. The molecule has 3 aliphatic rings. The van der Waals surface area contributed by atoms with Gasteiger partial charge in [-0.2, -0.15) is 0 Å². The van der Waals surface area contributed by atoms with Gasteiger partial charge in [0.25, 0.3) is 0 Å². The zero-order valence-electron chi connectivity index (χ0n) is 16.6. The van der Waals surface area contributed by atoms with Crippen molar-refractivity contribution in [1.29, 1.82) is 0 Å². The maximum atomic E-state index is 13.5. The lowest BCUT2D eigenvalue weighted by Gasteiger charge is -2.36. The molecule has 0 unspecified atom stereocenters. The molecule has 0 aromatic heterocycles. The summed E-state index contributed by atoms with van der Waals surface area (Å²) in [5.41, 5.74) is 7.15. The Bertz CT molecular complexity index is 1240.